The summed E-state index contributed by atoms with van der Waals surface area (Å²) >= 11 is 5.76. The van der Waals surface area contributed by atoms with Crippen LogP contribution in [0.15, 0.2) is 42.6 Å². The fraction of sp³-hybridized carbons (Fsp3) is 0.143. The highest BCUT2D eigenvalue weighted by atomic mass is 35.5. The van der Waals surface area contributed by atoms with Gasteiger partial charge in [0.15, 0.2) is 0 Å². The van der Waals surface area contributed by atoms with Gasteiger partial charge in [-0.3, -0.25) is 0 Å². The molecule has 90 valence electrons. The van der Waals surface area contributed by atoms with Crippen LogP contribution in [0.2, 0.25) is 0 Å². The van der Waals surface area contributed by atoms with Crippen molar-refractivity contribution in [2.75, 3.05) is 0 Å². The van der Waals surface area contributed by atoms with Crippen molar-refractivity contribution in [3.05, 3.63) is 59.4 Å². The molecule has 2 rings (SSSR count). The van der Waals surface area contributed by atoms with Crippen LogP contribution in [-0.4, -0.2) is 4.98 Å². The molecular weight excluding hydrogens is 248 g/mol. The van der Waals surface area contributed by atoms with Crippen LogP contribution >= 0.6 is 11.6 Å². The molecule has 0 unspecified atom stereocenters. The van der Waals surface area contributed by atoms with Crippen molar-refractivity contribution in [2.24, 2.45) is 0 Å². The molecule has 1 aromatic carbocycles. The van der Waals surface area contributed by atoms with Gasteiger partial charge in [-0.05, 0) is 35.4 Å². The molecule has 1 heterocycles. The molecule has 0 aliphatic heterocycles. The van der Waals surface area contributed by atoms with E-state index in [1.807, 2.05) is 36.4 Å². The lowest BCUT2D eigenvalue weighted by atomic mass is 10.2. The van der Waals surface area contributed by atoms with Crippen LogP contribution < -0.4 is 4.74 Å². The Morgan fingerprint density at radius 2 is 2.11 bits per heavy atom. The smallest absolute Gasteiger partial charge is 0.140 e. The van der Waals surface area contributed by atoms with Gasteiger partial charge in [0.1, 0.15) is 24.1 Å². The van der Waals surface area contributed by atoms with E-state index in [1.54, 1.807) is 12.3 Å². The minimum Gasteiger partial charge on any atom is -0.489 e. The minimum atomic E-state index is 0.394. The zero-order valence-corrected chi connectivity index (χ0v) is 10.4. The number of nitrogens with zero attached hydrogens (tertiary/aromatic N) is 2. The van der Waals surface area contributed by atoms with Crippen molar-refractivity contribution in [2.45, 2.75) is 12.5 Å². The molecular formula is C14H11ClN2O. The second-order valence-electron chi connectivity index (χ2n) is 3.73. The molecule has 0 radical (unpaired) electrons. The van der Waals surface area contributed by atoms with E-state index >= 15 is 0 Å². The number of pyridine rings is 1. The van der Waals surface area contributed by atoms with Gasteiger partial charge in [-0.2, -0.15) is 5.26 Å². The van der Waals surface area contributed by atoms with Gasteiger partial charge in [-0.25, -0.2) is 4.98 Å². The van der Waals surface area contributed by atoms with Crippen LogP contribution in [0, 0.1) is 11.3 Å². The summed E-state index contributed by atoms with van der Waals surface area (Å²) in [7, 11) is 0. The van der Waals surface area contributed by atoms with E-state index in [9.17, 15) is 0 Å². The van der Waals surface area contributed by atoms with Crippen LogP contribution in [0.1, 0.15) is 16.8 Å². The molecule has 0 fully saturated rings. The molecule has 0 bridgehead atoms. The fourth-order valence-corrected chi connectivity index (χ4v) is 1.68. The van der Waals surface area contributed by atoms with Crippen molar-refractivity contribution in [1.82, 2.24) is 4.98 Å². The second-order valence-corrected chi connectivity index (χ2v) is 4.00. The van der Waals surface area contributed by atoms with Gasteiger partial charge in [0.25, 0.3) is 0 Å². The third-order valence-electron chi connectivity index (χ3n) is 2.40. The highest BCUT2D eigenvalue weighted by molar-refractivity contribution is 6.17. The van der Waals surface area contributed by atoms with E-state index in [0.717, 1.165) is 16.9 Å². The number of halogens is 1. The highest BCUT2D eigenvalue weighted by Gasteiger charge is 1.99. The Balaban J connectivity index is 2.04. The first-order valence-corrected chi connectivity index (χ1v) is 5.98. The van der Waals surface area contributed by atoms with E-state index in [-0.39, 0.29) is 0 Å². The number of ether oxygens (including phenoxy) is 1. The molecule has 4 heteroatoms. The average molecular weight is 259 g/mol. The van der Waals surface area contributed by atoms with E-state index in [2.05, 4.69) is 4.98 Å². The maximum atomic E-state index is 8.75. The van der Waals surface area contributed by atoms with E-state index in [4.69, 9.17) is 21.6 Å². The van der Waals surface area contributed by atoms with Crippen LogP contribution in [-0.2, 0) is 12.5 Å². The van der Waals surface area contributed by atoms with Crippen LogP contribution in [0.25, 0.3) is 0 Å². The predicted octanol–water partition coefficient (Wildman–Crippen LogP) is 3.27. The lowest BCUT2D eigenvalue weighted by Crippen LogP contribution is -1.97. The second kappa shape index (κ2) is 6.04. The van der Waals surface area contributed by atoms with Gasteiger partial charge >= 0.3 is 0 Å². The first-order chi connectivity index (χ1) is 8.81. The lowest BCUT2D eigenvalue weighted by molar-refractivity contribution is 0.306. The molecule has 1 aromatic heterocycles. The lowest BCUT2D eigenvalue weighted by Gasteiger charge is -2.07. The van der Waals surface area contributed by atoms with Crippen molar-refractivity contribution >= 4 is 11.6 Å². The quantitative estimate of drug-likeness (QED) is 0.791. The number of rotatable bonds is 4. The largest absolute Gasteiger partial charge is 0.489 e. The number of benzene rings is 1. The molecule has 18 heavy (non-hydrogen) atoms. The Morgan fingerprint density at radius 3 is 2.89 bits per heavy atom. The molecule has 0 N–H and O–H groups in total. The third kappa shape index (κ3) is 3.22. The molecule has 0 saturated heterocycles. The van der Waals surface area contributed by atoms with E-state index < -0.39 is 0 Å². The van der Waals surface area contributed by atoms with E-state index in [0.29, 0.717) is 18.2 Å². The first kappa shape index (κ1) is 12.4. The summed E-state index contributed by atoms with van der Waals surface area (Å²) in [6.07, 6.45) is 1.60. The minimum absolute atomic E-state index is 0.394. The van der Waals surface area contributed by atoms with Gasteiger partial charge in [0.2, 0.25) is 0 Å². The fourth-order valence-electron chi connectivity index (χ4n) is 1.51. The Labute approximate surface area is 111 Å². The Kier molecular flexibility index (Phi) is 4.16. The zero-order valence-electron chi connectivity index (χ0n) is 9.64. The van der Waals surface area contributed by atoms with Gasteiger partial charge in [0.05, 0.1) is 0 Å². The number of nitriles is 1. The third-order valence-corrected chi connectivity index (χ3v) is 2.71. The first-order valence-electron chi connectivity index (χ1n) is 5.44. The summed E-state index contributed by atoms with van der Waals surface area (Å²) in [6, 6.07) is 13.2. The molecule has 0 aliphatic carbocycles. The summed E-state index contributed by atoms with van der Waals surface area (Å²) < 4.78 is 5.64. The summed E-state index contributed by atoms with van der Waals surface area (Å²) in [5.74, 6) is 1.23. The topological polar surface area (TPSA) is 45.9 Å². The highest BCUT2D eigenvalue weighted by Crippen LogP contribution is 2.16. The monoisotopic (exact) mass is 258 g/mol. The summed E-state index contributed by atoms with van der Waals surface area (Å²) in [5, 5.41) is 8.75. The summed E-state index contributed by atoms with van der Waals surface area (Å²) in [4.78, 5) is 3.91. The van der Waals surface area contributed by atoms with Crippen molar-refractivity contribution in [3.63, 3.8) is 0 Å². The maximum Gasteiger partial charge on any atom is 0.140 e. The number of alkyl halides is 1. The molecule has 0 saturated carbocycles. The molecule has 0 amide bonds. The van der Waals surface area contributed by atoms with Crippen LogP contribution in [0.5, 0.6) is 5.75 Å². The Bertz CT molecular complexity index is 578. The van der Waals surface area contributed by atoms with Crippen LogP contribution in [0.4, 0.5) is 0 Å². The number of aromatic nitrogens is 1. The summed E-state index contributed by atoms with van der Waals surface area (Å²) in [5.41, 5.74) is 2.32. The Hall–Kier alpha value is -2.05. The van der Waals surface area contributed by atoms with E-state index in [1.165, 1.54) is 0 Å². The summed E-state index contributed by atoms with van der Waals surface area (Å²) in [6.45, 7) is 0.406. The normalized spacial score (nSPS) is 9.78. The zero-order chi connectivity index (χ0) is 12.8. The molecule has 0 spiro atoms. The standard InChI is InChI=1S/C14H11ClN2O/c15-8-11-2-1-3-14(7-11)18-10-12-4-5-17-13(6-12)9-16/h1-7H,8,10H2. The molecule has 3 nitrogen and oxygen atoms in total. The molecule has 0 aliphatic rings. The Morgan fingerprint density at radius 1 is 1.22 bits per heavy atom. The molecule has 0 atom stereocenters. The van der Waals surface area contributed by atoms with Gasteiger partial charge in [-0.1, -0.05) is 12.1 Å². The van der Waals surface area contributed by atoms with Gasteiger partial charge < -0.3 is 4.74 Å². The predicted molar refractivity (Wildman–Crippen MR) is 69.3 cm³/mol. The van der Waals surface area contributed by atoms with Crippen molar-refractivity contribution < 1.29 is 4.74 Å². The number of hydrogen-bond donors (Lipinski definition) is 0. The van der Waals surface area contributed by atoms with Gasteiger partial charge in [0, 0.05) is 12.1 Å². The van der Waals surface area contributed by atoms with Crippen molar-refractivity contribution in [1.29, 1.82) is 5.26 Å². The van der Waals surface area contributed by atoms with Crippen molar-refractivity contribution in [3.8, 4) is 11.8 Å². The SMILES string of the molecule is N#Cc1cc(COc2cccc(CCl)c2)ccn1. The van der Waals surface area contributed by atoms with Crippen LogP contribution in [0.3, 0.4) is 0 Å². The average Bonchev–Trinajstić information content (AvgIpc) is 2.45. The maximum absolute atomic E-state index is 8.75. The molecule has 2 aromatic rings. The van der Waals surface area contributed by atoms with Gasteiger partial charge in [-0.15, -0.1) is 11.6 Å². The number of hydrogen-bond acceptors (Lipinski definition) is 3.